The Bertz CT molecular complexity index is 541. The third kappa shape index (κ3) is 2.89. The van der Waals surface area contributed by atoms with Gasteiger partial charge < -0.3 is 15.3 Å². The maximum absolute atomic E-state index is 13.1. The van der Waals surface area contributed by atoms with Crippen LogP contribution >= 0.6 is 0 Å². The van der Waals surface area contributed by atoms with E-state index in [0.717, 1.165) is 5.56 Å². The molecule has 0 aliphatic carbocycles. The lowest BCUT2D eigenvalue weighted by molar-refractivity contribution is -0.144. The summed E-state index contributed by atoms with van der Waals surface area (Å²) >= 11 is 0. The van der Waals surface area contributed by atoms with Gasteiger partial charge in [0, 0.05) is 24.7 Å². The summed E-state index contributed by atoms with van der Waals surface area (Å²) in [6, 6.07) is 3.87. The van der Waals surface area contributed by atoms with Crippen molar-refractivity contribution in [2.24, 2.45) is 11.8 Å². The average molecular weight is 280 g/mol. The van der Waals surface area contributed by atoms with Crippen molar-refractivity contribution in [2.75, 3.05) is 18.4 Å². The lowest BCUT2D eigenvalue weighted by Gasteiger charge is -2.41. The van der Waals surface area contributed by atoms with Crippen LogP contribution in [0.3, 0.4) is 0 Å². The summed E-state index contributed by atoms with van der Waals surface area (Å²) in [6.07, 6.45) is 0. The van der Waals surface area contributed by atoms with Gasteiger partial charge in [-0.25, -0.2) is 9.18 Å². The number of hydrogen-bond donors (Lipinski definition) is 2. The monoisotopic (exact) mass is 280 g/mol. The highest BCUT2D eigenvalue weighted by Crippen LogP contribution is 2.25. The van der Waals surface area contributed by atoms with Gasteiger partial charge in [0.2, 0.25) is 0 Å². The fourth-order valence-electron chi connectivity index (χ4n) is 2.12. The van der Waals surface area contributed by atoms with E-state index in [4.69, 9.17) is 5.11 Å². The van der Waals surface area contributed by atoms with Crippen LogP contribution in [0.4, 0.5) is 14.9 Å². The van der Waals surface area contributed by atoms with Gasteiger partial charge in [0.05, 0.1) is 5.92 Å². The molecule has 20 heavy (non-hydrogen) atoms. The maximum atomic E-state index is 13.1. The van der Waals surface area contributed by atoms with Crippen molar-refractivity contribution >= 4 is 17.7 Å². The number of anilines is 1. The maximum Gasteiger partial charge on any atom is 0.321 e. The summed E-state index contributed by atoms with van der Waals surface area (Å²) in [7, 11) is 0. The Hall–Kier alpha value is -2.11. The third-order valence-corrected chi connectivity index (χ3v) is 3.73. The van der Waals surface area contributed by atoms with Crippen molar-refractivity contribution in [1.82, 2.24) is 4.90 Å². The van der Waals surface area contributed by atoms with Crippen LogP contribution in [0.5, 0.6) is 0 Å². The highest BCUT2D eigenvalue weighted by atomic mass is 19.1. The van der Waals surface area contributed by atoms with E-state index in [9.17, 15) is 14.0 Å². The third-order valence-electron chi connectivity index (χ3n) is 3.73. The number of amides is 2. The fourth-order valence-corrected chi connectivity index (χ4v) is 2.12. The van der Waals surface area contributed by atoms with E-state index in [0.29, 0.717) is 18.8 Å². The normalized spacial score (nSPS) is 16.4. The molecule has 1 heterocycles. The topological polar surface area (TPSA) is 69.6 Å². The van der Waals surface area contributed by atoms with Gasteiger partial charge in [-0.2, -0.15) is 0 Å². The van der Waals surface area contributed by atoms with Crippen molar-refractivity contribution in [3.8, 4) is 0 Å². The van der Waals surface area contributed by atoms with E-state index in [2.05, 4.69) is 5.32 Å². The first-order valence-electron chi connectivity index (χ1n) is 6.43. The molecule has 1 atom stereocenters. The highest BCUT2D eigenvalue weighted by Gasteiger charge is 2.37. The minimum Gasteiger partial charge on any atom is -0.481 e. The van der Waals surface area contributed by atoms with Crippen molar-refractivity contribution in [2.45, 2.75) is 13.8 Å². The van der Waals surface area contributed by atoms with Crippen LogP contribution in [0.25, 0.3) is 0 Å². The van der Waals surface area contributed by atoms with Crippen LogP contribution in [-0.2, 0) is 4.79 Å². The lowest BCUT2D eigenvalue weighted by atomic mass is 9.87. The summed E-state index contributed by atoms with van der Waals surface area (Å²) in [5, 5.41) is 11.5. The molecule has 2 N–H and O–H groups in total. The van der Waals surface area contributed by atoms with Crippen molar-refractivity contribution < 1.29 is 19.1 Å². The van der Waals surface area contributed by atoms with E-state index in [-0.39, 0.29) is 11.9 Å². The minimum atomic E-state index is -0.851. The van der Waals surface area contributed by atoms with E-state index in [1.54, 1.807) is 19.9 Å². The van der Waals surface area contributed by atoms with E-state index >= 15 is 0 Å². The van der Waals surface area contributed by atoms with Gasteiger partial charge in [-0.3, -0.25) is 4.79 Å². The first-order chi connectivity index (χ1) is 9.38. The summed E-state index contributed by atoms with van der Waals surface area (Å²) in [5.74, 6) is -1.75. The highest BCUT2D eigenvalue weighted by molar-refractivity contribution is 5.90. The van der Waals surface area contributed by atoms with Crippen LogP contribution in [0.1, 0.15) is 12.5 Å². The number of urea groups is 1. The second kappa shape index (κ2) is 5.48. The molecule has 1 aliphatic rings. The van der Waals surface area contributed by atoms with Crippen LogP contribution in [0.2, 0.25) is 0 Å². The van der Waals surface area contributed by atoms with Crippen molar-refractivity contribution in [1.29, 1.82) is 0 Å². The number of likely N-dealkylation sites (tertiary alicyclic amines) is 1. The van der Waals surface area contributed by atoms with E-state index < -0.39 is 17.7 Å². The molecule has 1 saturated heterocycles. The van der Waals surface area contributed by atoms with Gasteiger partial charge in [0.1, 0.15) is 5.82 Å². The van der Waals surface area contributed by atoms with Crippen LogP contribution in [0.15, 0.2) is 18.2 Å². The zero-order chi connectivity index (χ0) is 14.9. The molecule has 2 amide bonds. The van der Waals surface area contributed by atoms with Crippen molar-refractivity contribution in [3.63, 3.8) is 0 Å². The molecule has 1 unspecified atom stereocenters. The van der Waals surface area contributed by atoms with Crippen LogP contribution in [-0.4, -0.2) is 35.1 Å². The van der Waals surface area contributed by atoms with Gasteiger partial charge in [-0.1, -0.05) is 13.0 Å². The molecule has 2 rings (SSSR count). The number of benzene rings is 1. The Balaban J connectivity index is 1.92. The predicted octanol–water partition coefficient (Wildman–Crippen LogP) is 2.32. The number of carbonyl (C=O) groups is 2. The largest absolute Gasteiger partial charge is 0.481 e. The Morgan fingerprint density at radius 1 is 1.45 bits per heavy atom. The number of carbonyl (C=O) groups excluding carboxylic acids is 1. The number of hydrogen-bond acceptors (Lipinski definition) is 2. The summed E-state index contributed by atoms with van der Waals surface area (Å²) in [6.45, 7) is 4.24. The molecule has 0 aromatic heterocycles. The molecule has 0 bridgehead atoms. The Morgan fingerprint density at radius 3 is 2.70 bits per heavy atom. The summed E-state index contributed by atoms with van der Waals surface area (Å²) < 4.78 is 13.1. The molecular weight excluding hydrogens is 263 g/mol. The second-order valence-corrected chi connectivity index (χ2v) is 5.18. The van der Waals surface area contributed by atoms with Crippen molar-refractivity contribution in [3.05, 3.63) is 29.6 Å². The number of carboxylic acids is 1. The van der Waals surface area contributed by atoms with Crippen LogP contribution in [0, 0.1) is 24.6 Å². The number of halogens is 1. The van der Waals surface area contributed by atoms with Gasteiger partial charge in [-0.15, -0.1) is 0 Å². The van der Waals surface area contributed by atoms with E-state index in [1.807, 2.05) is 0 Å². The Labute approximate surface area is 116 Å². The fraction of sp³-hybridized carbons (Fsp3) is 0.429. The molecule has 108 valence electrons. The lowest BCUT2D eigenvalue weighted by Crippen LogP contribution is -2.54. The van der Waals surface area contributed by atoms with E-state index in [1.165, 1.54) is 17.0 Å². The van der Waals surface area contributed by atoms with Gasteiger partial charge in [0.25, 0.3) is 0 Å². The summed E-state index contributed by atoms with van der Waals surface area (Å²) in [4.78, 5) is 24.3. The molecule has 1 aromatic carbocycles. The molecule has 5 nitrogen and oxygen atoms in total. The average Bonchev–Trinajstić information content (AvgIpc) is 2.31. The van der Waals surface area contributed by atoms with Gasteiger partial charge in [0.15, 0.2) is 0 Å². The Morgan fingerprint density at radius 2 is 2.10 bits per heavy atom. The molecule has 0 saturated carbocycles. The predicted molar refractivity (Wildman–Crippen MR) is 72.0 cm³/mol. The molecule has 6 heteroatoms. The first-order valence-corrected chi connectivity index (χ1v) is 6.43. The zero-order valence-corrected chi connectivity index (χ0v) is 11.4. The number of nitrogens with zero attached hydrogens (tertiary/aromatic N) is 1. The van der Waals surface area contributed by atoms with Crippen LogP contribution < -0.4 is 5.32 Å². The summed E-state index contributed by atoms with van der Waals surface area (Å²) in [5.41, 5.74) is 1.21. The number of rotatable bonds is 3. The first kappa shape index (κ1) is 14.3. The smallest absolute Gasteiger partial charge is 0.321 e. The molecule has 0 radical (unpaired) electrons. The molecule has 1 aromatic rings. The minimum absolute atomic E-state index is 0.0214. The number of aryl methyl sites for hydroxylation is 1. The second-order valence-electron chi connectivity index (χ2n) is 5.18. The Kier molecular flexibility index (Phi) is 3.92. The molecule has 1 aliphatic heterocycles. The SMILES string of the molecule is Cc1ccc(F)cc1NC(=O)N1CC(C(C)C(=O)O)C1. The quantitative estimate of drug-likeness (QED) is 0.892. The van der Waals surface area contributed by atoms with Gasteiger partial charge >= 0.3 is 12.0 Å². The molecular formula is C14H17FN2O3. The molecule has 0 spiro atoms. The number of aliphatic carboxylic acids is 1. The standard InChI is InChI=1S/C14H17FN2O3/c1-8-3-4-11(15)5-12(8)16-14(20)17-6-10(7-17)9(2)13(18)19/h3-5,9-10H,6-7H2,1-2H3,(H,16,20)(H,18,19). The van der Waals surface area contributed by atoms with Gasteiger partial charge in [-0.05, 0) is 24.6 Å². The number of nitrogens with one attached hydrogen (secondary N) is 1. The zero-order valence-electron chi connectivity index (χ0n) is 11.4. The number of carboxylic acid groups (broad SMARTS) is 1. The molecule has 1 fully saturated rings.